The Hall–Kier alpha value is -0.220. The Morgan fingerprint density at radius 2 is 2.07 bits per heavy atom. The fourth-order valence-electron chi connectivity index (χ4n) is 1.22. The summed E-state index contributed by atoms with van der Waals surface area (Å²) in [6.45, 7) is 0.678. The lowest BCUT2D eigenvalue weighted by molar-refractivity contribution is 0.158. The number of nitrogens with zero attached hydrogens (tertiary/aromatic N) is 1. The summed E-state index contributed by atoms with van der Waals surface area (Å²) < 4.78 is 0. The van der Waals surface area contributed by atoms with Crippen LogP contribution in [0.3, 0.4) is 0 Å². The molecule has 1 N–H and O–H groups in total. The third-order valence-corrected chi connectivity index (χ3v) is 3.50. The van der Waals surface area contributed by atoms with Crippen LogP contribution in [0.25, 0.3) is 0 Å². The van der Waals surface area contributed by atoms with Crippen molar-refractivity contribution in [1.82, 2.24) is 4.90 Å². The minimum atomic E-state index is -0.318. The molecular formula is C11H16ClNOS. The maximum atomic E-state index is 9.67. The molecule has 1 rings (SSSR count). The first kappa shape index (κ1) is 12.8. The summed E-state index contributed by atoms with van der Waals surface area (Å²) in [7, 11) is 3.90. The van der Waals surface area contributed by atoms with E-state index < -0.39 is 0 Å². The molecule has 0 aliphatic heterocycles. The molecule has 1 unspecified atom stereocenters. The molecule has 0 fully saturated rings. The molecule has 2 nitrogen and oxygen atoms in total. The molecule has 0 radical (unpaired) electrons. The summed E-state index contributed by atoms with van der Waals surface area (Å²) in [5.74, 6) is 0.669. The van der Waals surface area contributed by atoms with Crippen molar-refractivity contribution >= 4 is 23.4 Å². The quantitative estimate of drug-likeness (QED) is 0.806. The number of halogens is 1. The van der Waals surface area contributed by atoms with Gasteiger partial charge < -0.3 is 10.0 Å². The predicted molar refractivity (Wildman–Crippen MR) is 66.7 cm³/mol. The van der Waals surface area contributed by atoms with Gasteiger partial charge in [-0.1, -0.05) is 23.7 Å². The summed E-state index contributed by atoms with van der Waals surface area (Å²) in [5, 5.41) is 10.4. The van der Waals surface area contributed by atoms with Gasteiger partial charge in [-0.05, 0) is 26.2 Å². The lowest BCUT2D eigenvalue weighted by atomic mass is 10.4. The smallest absolute Gasteiger partial charge is 0.0760 e. The van der Waals surface area contributed by atoms with Gasteiger partial charge in [0.1, 0.15) is 0 Å². The maximum Gasteiger partial charge on any atom is 0.0760 e. The van der Waals surface area contributed by atoms with Crippen LogP contribution < -0.4 is 0 Å². The van der Waals surface area contributed by atoms with E-state index in [1.807, 2.05) is 43.3 Å². The molecule has 0 bridgehead atoms. The normalized spacial score (nSPS) is 13.1. The Morgan fingerprint density at radius 3 is 2.67 bits per heavy atom. The number of rotatable bonds is 5. The summed E-state index contributed by atoms with van der Waals surface area (Å²) in [5.41, 5.74) is 0. The molecular weight excluding hydrogens is 230 g/mol. The van der Waals surface area contributed by atoms with Crippen molar-refractivity contribution in [3.05, 3.63) is 29.3 Å². The number of benzene rings is 1. The van der Waals surface area contributed by atoms with E-state index in [2.05, 4.69) is 0 Å². The Balaban J connectivity index is 2.40. The van der Waals surface area contributed by atoms with E-state index in [-0.39, 0.29) is 6.10 Å². The van der Waals surface area contributed by atoms with Crippen molar-refractivity contribution < 1.29 is 5.11 Å². The number of hydrogen-bond acceptors (Lipinski definition) is 3. The molecule has 1 atom stereocenters. The standard InChI is InChI=1S/C11H16ClNOS/c1-13(2)7-9(14)8-15-11-6-4-3-5-10(11)12/h3-6,9,14H,7-8H2,1-2H3. The summed E-state index contributed by atoms with van der Waals surface area (Å²) in [6, 6.07) is 7.69. The largest absolute Gasteiger partial charge is 0.391 e. The van der Waals surface area contributed by atoms with Gasteiger partial charge in [0.2, 0.25) is 0 Å². The average Bonchev–Trinajstić information content (AvgIpc) is 2.15. The van der Waals surface area contributed by atoms with Crippen LogP contribution >= 0.6 is 23.4 Å². The van der Waals surface area contributed by atoms with Gasteiger partial charge >= 0.3 is 0 Å². The van der Waals surface area contributed by atoms with Crippen LogP contribution in [0, 0.1) is 0 Å². The second kappa shape index (κ2) is 6.38. The van der Waals surface area contributed by atoms with Gasteiger partial charge in [-0.2, -0.15) is 0 Å². The number of aliphatic hydroxyl groups is 1. The average molecular weight is 246 g/mol. The molecule has 0 aliphatic carbocycles. The van der Waals surface area contributed by atoms with E-state index in [0.29, 0.717) is 12.3 Å². The molecule has 0 aliphatic rings. The van der Waals surface area contributed by atoms with E-state index in [0.717, 1.165) is 9.92 Å². The first-order chi connectivity index (χ1) is 7.09. The van der Waals surface area contributed by atoms with E-state index in [1.54, 1.807) is 11.8 Å². The SMILES string of the molecule is CN(C)CC(O)CSc1ccccc1Cl. The number of aliphatic hydroxyl groups excluding tert-OH is 1. The van der Waals surface area contributed by atoms with Crippen LogP contribution in [-0.4, -0.2) is 42.5 Å². The van der Waals surface area contributed by atoms with Crippen molar-refractivity contribution in [3.63, 3.8) is 0 Å². The topological polar surface area (TPSA) is 23.5 Å². The lowest BCUT2D eigenvalue weighted by Gasteiger charge is -2.15. The fourth-order valence-corrected chi connectivity index (χ4v) is 2.38. The molecule has 1 aromatic rings. The Morgan fingerprint density at radius 1 is 1.40 bits per heavy atom. The third-order valence-electron chi connectivity index (χ3n) is 1.84. The Kier molecular flexibility index (Phi) is 5.47. The zero-order valence-corrected chi connectivity index (χ0v) is 10.6. The predicted octanol–water partition coefficient (Wildman–Crippen LogP) is 2.35. The van der Waals surface area contributed by atoms with Crippen molar-refractivity contribution in [2.75, 3.05) is 26.4 Å². The zero-order chi connectivity index (χ0) is 11.3. The highest BCUT2D eigenvalue weighted by Crippen LogP contribution is 2.26. The molecule has 1 aromatic carbocycles. The van der Waals surface area contributed by atoms with Gasteiger partial charge in [0, 0.05) is 17.2 Å². The zero-order valence-electron chi connectivity index (χ0n) is 8.98. The molecule has 4 heteroatoms. The van der Waals surface area contributed by atoms with E-state index in [4.69, 9.17) is 11.6 Å². The molecule has 15 heavy (non-hydrogen) atoms. The molecule has 0 saturated heterocycles. The highest BCUT2D eigenvalue weighted by Gasteiger charge is 2.07. The van der Waals surface area contributed by atoms with Gasteiger partial charge in [-0.25, -0.2) is 0 Å². The number of likely N-dealkylation sites (N-methyl/N-ethyl adjacent to an activating group) is 1. The van der Waals surface area contributed by atoms with Gasteiger partial charge in [-0.15, -0.1) is 11.8 Å². The van der Waals surface area contributed by atoms with Crippen molar-refractivity contribution in [2.45, 2.75) is 11.0 Å². The maximum absolute atomic E-state index is 9.67. The van der Waals surface area contributed by atoms with Gasteiger partial charge in [0.25, 0.3) is 0 Å². The minimum Gasteiger partial charge on any atom is -0.391 e. The van der Waals surface area contributed by atoms with Crippen molar-refractivity contribution in [2.24, 2.45) is 0 Å². The van der Waals surface area contributed by atoms with Crippen LogP contribution in [0.15, 0.2) is 29.2 Å². The van der Waals surface area contributed by atoms with E-state index >= 15 is 0 Å². The first-order valence-corrected chi connectivity index (χ1v) is 6.16. The van der Waals surface area contributed by atoms with Crippen LogP contribution in [0.4, 0.5) is 0 Å². The lowest BCUT2D eigenvalue weighted by Crippen LogP contribution is -2.27. The highest BCUT2D eigenvalue weighted by atomic mass is 35.5. The Labute approximate surface area is 100 Å². The Bertz CT molecular complexity index is 306. The van der Waals surface area contributed by atoms with Gasteiger partial charge in [0.05, 0.1) is 11.1 Å². The third kappa shape index (κ3) is 4.89. The minimum absolute atomic E-state index is 0.318. The molecule has 0 heterocycles. The molecule has 0 saturated carbocycles. The van der Waals surface area contributed by atoms with Crippen LogP contribution in [0.1, 0.15) is 0 Å². The fraction of sp³-hybridized carbons (Fsp3) is 0.455. The summed E-state index contributed by atoms with van der Waals surface area (Å²) in [4.78, 5) is 3.00. The summed E-state index contributed by atoms with van der Waals surface area (Å²) >= 11 is 7.59. The van der Waals surface area contributed by atoms with Crippen LogP contribution in [-0.2, 0) is 0 Å². The number of hydrogen-bond donors (Lipinski definition) is 1. The summed E-state index contributed by atoms with van der Waals surface area (Å²) in [6.07, 6.45) is -0.318. The van der Waals surface area contributed by atoms with Gasteiger partial charge in [0.15, 0.2) is 0 Å². The van der Waals surface area contributed by atoms with Crippen molar-refractivity contribution in [1.29, 1.82) is 0 Å². The van der Waals surface area contributed by atoms with Crippen molar-refractivity contribution in [3.8, 4) is 0 Å². The monoisotopic (exact) mass is 245 g/mol. The molecule has 0 spiro atoms. The number of thioether (sulfide) groups is 1. The van der Waals surface area contributed by atoms with E-state index in [1.165, 1.54) is 0 Å². The molecule has 0 aromatic heterocycles. The highest BCUT2D eigenvalue weighted by molar-refractivity contribution is 7.99. The van der Waals surface area contributed by atoms with Crippen LogP contribution in [0.5, 0.6) is 0 Å². The van der Waals surface area contributed by atoms with Crippen LogP contribution in [0.2, 0.25) is 5.02 Å². The van der Waals surface area contributed by atoms with E-state index in [9.17, 15) is 5.11 Å². The molecule has 0 amide bonds. The van der Waals surface area contributed by atoms with Gasteiger partial charge in [-0.3, -0.25) is 0 Å². The molecule has 84 valence electrons. The first-order valence-electron chi connectivity index (χ1n) is 4.79. The second-order valence-electron chi connectivity index (χ2n) is 3.66. The second-order valence-corrected chi connectivity index (χ2v) is 5.13.